The second kappa shape index (κ2) is 8.61. The van der Waals surface area contributed by atoms with E-state index >= 15 is 0 Å². The zero-order valence-corrected chi connectivity index (χ0v) is 18.7. The molecule has 2 aliphatic rings. The lowest BCUT2D eigenvalue weighted by Gasteiger charge is -2.46. The number of imidazole rings is 1. The van der Waals surface area contributed by atoms with E-state index in [4.69, 9.17) is 4.74 Å². The van der Waals surface area contributed by atoms with Gasteiger partial charge in [-0.15, -0.1) is 0 Å². The highest BCUT2D eigenvalue weighted by Gasteiger charge is 2.43. The first-order chi connectivity index (χ1) is 15.5. The third kappa shape index (κ3) is 4.99. The van der Waals surface area contributed by atoms with Gasteiger partial charge in [0.15, 0.2) is 5.03 Å². The molecule has 2 aliphatic heterocycles. The van der Waals surface area contributed by atoms with Gasteiger partial charge in [0, 0.05) is 38.6 Å². The molecule has 0 aliphatic carbocycles. The van der Waals surface area contributed by atoms with Crippen molar-refractivity contribution in [2.75, 3.05) is 38.1 Å². The molecule has 2 aromatic rings. The van der Waals surface area contributed by atoms with Crippen LogP contribution in [0.1, 0.15) is 18.4 Å². The lowest BCUT2D eigenvalue weighted by molar-refractivity contribution is -0.137. The second-order valence-electron chi connectivity index (χ2n) is 8.24. The number of anilines is 1. The van der Waals surface area contributed by atoms with Gasteiger partial charge in [-0.25, -0.2) is 18.2 Å². The first-order valence-corrected chi connectivity index (χ1v) is 11.8. The number of halogens is 3. The summed E-state index contributed by atoms with van der Waals surface area (Å²) in [5, 5.41) is 2.61. The van der Waals surface area contributed by atoms with Crippen LogP contribution >= 0.6 is 0 Å². The number of benzene rings is 1. The Morgan fingerprint density at radius 2 is 1.82 bits per heavy atom. The Kier molecular flexibility index (Phi) is 6.14. The summed E-state index contributed by atoms with van der Waals surface area (Å²) < 4.78 is 72.7. The number of urea groups is 1. The number of nitrogens with zero attached hydrogens (tertiary/aromatic N) is 4. The van der Waals surface area contributed by atoms with Crippen LogP contribution in [-0.4, -0.2) is 71.6 Å². The number of hydrogen-bond donors (Lipinski definition) is 1. The summed E-state index contributed by atoms with van der Waals surface area (Å²) >= 11 is 0. The Bertz CT molecular complexity index is 1110. The van der Waals surface area contributed by atoms with Gasteiger partial charge in [-0.1, -0.05) is 0 Å². The number of rotatable bonds is 3. The molecule has 2 amide bonds. The molecule has 13 heteroatoms. The first kappa shape index (κ1) is 23.5. The van der Waals surface area contributed by atoms with Crippen molar-refractivity contribution < 1.29 is 31.1 Å². The van der Waals surface area contributed by atoms with E-state index < -0.39 is 33.4 Å². The number of aryl methyl sites for hydroxylation is 1. The van der Waals surface area contributed by atoms with Crippen LogP contribution in [0.2, 0.25) is 0 Å². The van der Waals surface area contributed by atoms with Crippen molar-refractivity contribution >= 4 is 21.7 Å². The summed E-state index contributed by atoms with van der Waals surface area (Å²) in [5.74, 6) is 0. The van der Waals surface area contributed by atoms with Gasteiger partial charge in [-0.2, -0.15) is 17.5 Å². The van der Waals surface area contributed by atoms with Crippen molar-refractivity contribution in [1.82, 2.24) is 18.8 Å². The highest BCUT2D eigenvalue weighted by atomic mass is 32.2. The average molecular weight is 488 g/mol. The Hall–Kier alpha value is -2.64. The van der Waals surface area contributed by atoms with Gasteiger partial charge < -0.3 is 19.5 Å². The number of sulfonamides is 1. The van der Waals surface area contributed by atoms with E-state index in [1.807, 2.05) is 0 Å². The maximum atomic E-state index is 12.8. The number of aromatic nitrogens is 2. The van der Waals surface area contributed by atoms with Gasteiger partial charge >= 0.3 is 12.2 Å². The van der Waals surface area contributed by atoms with E-state index in [2.05, 4.69) is 10.3 Å². The van der Waals surface area contributed by atoms with Crippen molar-refractivity contribution in [1.29, 1.82) is 0 Å². The van der Waals surface area contributed by atoms with Crippen molar-refractivity contribution in [3.05, 3.63) is 42.4 Å². The van der Waals surface area contributed by atoms with E-state index in [0.717, 1.165) is 12.1 Å². The van der Waals surface area contributed by atoms with E-state index in [0.29, 0.717) is 19.4 Å². The third-order valence-corrected chi connectivity index (χ3v) is 7.70. The van der Waals surface area contributed by atoms with Crippen molar-refractivity contribution in [2.24, 2.45) is 7.05 Å². The van der Waals surface area contributed by atoms with E-state index in [1.54, 1.807) is 16.5 Å². The Morgan fingerprint density at radius 1 is 1.15 bits per heavy atom. The number of piperidine rings is 1. The number of hydrogen-bond acceptors (Lipinski definition) is 5. The molecule has 2 saturated heterocycles. The van der Waals surface area contributed by atoms with Crippen LogP contribution in [-0.2, 0) is 28.0 Å². The van der Waals surface area contributed by atoms with E-state index in [-0.39, 0.29) is 37.0 Å². The fourth-order valence-electron chi connectivity index (χ4n) is 4.05. The Balaban J connectivity index is 1.37. The molecule has 1 N–H and O–H groups in total. The van der Waals surface area contributed by atoms with Crippen LogP contribution in [0.15, 0.2) is 41.8 Å². The number of carbonyl (C=O) groups is 1. The van der Waals surface area contributed by atoms with Gasteiger partial charge in [0.25, 0.3) is 10.0 Å². The largest absolute Gasteiger partial charge is 0.416 e. The minimum Gasteiger partial charge on any atom is -0.371 e. The summed E-state index contributed by atoms with van der Waals surface area (Å²) in [6, 6.07) is 3.79. The molecular weight excluding hydrogens is 463 g/mol. The fraction of sp³-hybridized carbons (Fsp3) is 0.500. The monoisotopic (exact) mass is 487 g/mol. The molecule has 0 bridgehead atoms. The topological polar surface area (TPSA) is 96.8 Å². The van der Waals surface area contributed by atoms with Crippen molar-refractivity contribution in [2.45, 2.75) is 29.6 Å². The predicted molar refractivity (Wildman–Crippen MR) is 112 cm³/mol. The number of morpholine rings is 1. The summed E-state index contributed by atoms with van der Waals surface area (Å²) in [7, 11) is -2.02. The summed E-state index contributed by atoms with van der Waals surface area (Å²) in [6.07, 6.45) is -0.760. The lowest BCUT2D eigenvalue weighted by Crippen LogP contribution is -2.59. The SMILES string of the molecule is Cn1cnc(S(=O)(=O)N2CCC3(CC2)CN(C(=O)Nc2ccc(C(F)(F)F)cc2)CCO3)c1. The first-order valence-electron chi connectivity index (χ1n) is 10.3. The molecule has 33 heavy (non-hydrogen) atoms. The Morgan fingerprint density at radius 3 is 2.39 bits per heavy atom. The lowest BCUT2D eigenvalue weighted by atomic mass is 9.90. The van der Waals surface area contributed by atoms with Gasteiger partial charge in [0.05, 0.1) is 30.6 Å². The average Bonchev–Trinajstić information content (AvgIpc) is 3.21. The molecular formula is C20H24F3N5O4S. The summed E-state index contributed by atoms with van der Waals surface area (Å²) in [6.45, 7) is 1.33. The minimum atomic E-state index is -4.45. The minimum absolute atomic E-state index is 0.0111. The smallest absolute Gasteiger partial charge is 0.371 e. The number of amides is 2. The van der Waals surface area contributed by atoms with Crippen LogP contribution in [0.3, 0.4) is 0 Å². The Labute approximate surface area is 189 Å². The highest BCUT2D eigenvalue weighted by molar-refractivity contribution is 7.89. The summed E-state index contributed by atoms with van der Waals surface area (Å²) in [5.41, 5.74) is -1.21. The van der Waals surface area contributed by atoms with Crippen LogP contribution in [0.25, 0.3) is 0 Å². The number of nitrogens with one attached hydrogen (secondary N) is 1. The molecule has 4 rings (SSSR count). The van der Waals surface area contributed by atoms with Gasteiger partial charge in [-0.05, 0) is 37.1 Å². The molecule has 180 valence electrons. The molecule has 0 saturated carbocycles. The maximum absolute atomic E-state index is 12.8. The van der Waals surface area contributed by atoms with Crippen LogP contribution in [0.5, 0.6) is 0 Å². The quantitative estimate of drug-likeness (QED) is 0.718. The van der Waals surface area contributed by atoms with Gasteiger partial charge in [0.1, 0.15) is 0 Å². The highest BCUT2D eigenvalue weighted by Crippen LogP contribution is 2.33. The number of alkyl halides is 3. The third-order valence-electron chi connectivity index (χ3n) is 5.92. The fourth-order valence-corrected chi connectivity index (χ4v) is 5.46. The molecule has 2 fully saturated rings. The van der Waals surface area contributed by atoms with E-state index in [9.17, 15) is 26.4 Å². The maximum Gasteiger partial charge on any atom is 0.416 e. The molecule has 0 radical (unpaired) electrons. The predicted octanol–water partition coefficient (Wildman–Crippen LogP) is 2.53. The molecule has 3 heterocycles. The molecule has 0 unspecified atom stereocenters. The van der Waals surface area contributed by atoms with Crippen molar-refractivity contribution in [3.63, 3.8) is 0 Å². The zero-order chi connectivity index (χ0) is 23.9. The summed E-state index contributed by atoms with van der Waals surface area (Å²) in [4.78, 5) is 18.2. The zero-order valence-electron chi connectivity index (χ0n) is 17.9. The van der Waals surface area contributed by atoms with Gasteiger partial charge in [-0.3, -0.25) is 0 Å². The van der Waals surface area contributed by atoms with Crippen molar-refractivity contribution in [3.8, 4) is 0 Å². The molecule has 1 spiro atoms. The standard InChI is InChI=1S/C20H24F3N5O4S/c1-26-12-17(24-14-26)33(30,31)28-8-6-19(7-9-28)13-27(10-11-32-19)18(29)25-16-4-2-15(3-5-16)20(21,22)23/h2-5,12,14H,6-11,13H2,1H3,(H,25,29). The van der Waals surface area contributed by atoms with Crippen LogP contribution in [0.4, 0.5) is 23.7 Å². The van der Waals surface area contributed by atoms with Gasteiger partial charge in [0.2, 0.25) is 0 Å². The second-order valence-corrected chi connectivity index (χ2v) is 10.1. The molecule has 9 nitrogen and oxygen atoms in total. The molecule has 1 aromatic carbocycles. The van der Waals surface area contributed by atoms with Crippen LogP contribution < -0.4 is 5.32 Å². The molecule has 1 aromatic heterocycles. The normalized spacial score (nSPS) is 19.6. The van der Waals surface area contributed by atoms with Crippen LogP contribution in [0, 0.1) is 0 Å². The number of carbonyl (C=O) groups excluding carboxylic acids is 1. The number of ether oxygens (including phenoxy) is 1. The van der Waals surface area contributed by atoms with E-state index in [1.165, 1.54) is 29.0 Å². The molecule has 0 atom stereocenters.